The number of nitrogens with one attached hydrogen (secondary N) is 2. The van der Waals surface area contributed by atoms with Crippen LogP contribution in [0.4, 0.5) is 17.5 Å². The molecule has 1 aliphatic rings. The van der Waals surface area contributed by atoms with Crippen LogP contribution in [0.2, 0.25) is 0 Å². The molecule has 0 unspecified atom stereocenters. The van der Waals surface area contributed by atoms with Crippen molar-refractivity contribution in [3.63, 3.8) is 0 Å². The van der Waals surface area contributed by atoms with Crippen molar-refractivity contribution in [2.75, 3.05) is 62.6 Å². The van der Waals surface area contributed by atoms with Gasteiger partial charge in [0.05, 0.1) is 19.2 Å². The summed E-state index contributed by atoms with van der Waals surface area (Å²) < 4.78 is 5.80. The molecule has 0 amide bonds. The molecule has 1 aromatic heterocycles. The number of nitrogens with zero attached hydrogens (tertiary/aromatic N) is 4. The van der Waals surface area contributed by atoms with Crippen LogP contribution in [0.1, 0.15) is 24.8 Å². The van der Waals surface area contributed by atoms with Crippen LogP contribution in [0.25, 0.3) is 10.9 Å². The van der Waals surface area contributed by atoms with Crippen molar-refractivity contribution in [3.05, 3.63) is 48.0 Å². The maximum atomic E-state index is 9.20. The Morgan fingerprint density at radius 2 is 1.88 bits per heavy atom. The zero-order valence-corrected chi connectivity index (χ0v) is 20.4. The number of rotatable bonds is 10. The molecular formula is C26H36N6O2. The molecule has 2 heterocycles. The summed E-state index contributed by atoms with van der Waals surface area (Å²) >= 11 is 0. The summed E-state index contributed by atoms with van der Waals surface area (Å²) in [6.07, 6.45) is 2.73. The molecule has 0 spiro atoms. The topological polar surface area (TPSA) is 85.8 Å². The Labute approximate surface area is 202 Å². The average molecular weight is 465 g/mol. The first-order valence-corrected chi connectivity index (χ1v) is 12.0. The minimum absolute atomic E-state index is 0.135. The first-order chi connectivity index (χ1) is 16.6. The molecule has 0 bridgehead atoms. The molecule has 3 N–H and O–H groups in total. The van der Waals surface area contributed by atoms with E-state index < -0.39 is 0 Å². The van der Waals surface area contributed by atoms with E-state index in [1.165, 1.54) is 0 Å². The lowest BCUT2D eigenvalue weighted by molar-refractivity contribution is 0.292. The fourth-order valence-electron chi connectivity index (χ4n) is 4.63. The zero-order valence-electron chi connectivity index (χ0n) is 20.4. The molecule has 8 heteroatoms. The van der Waals surface area contributed by atoms with Crippen molar-refractivity contribution in [1.82, 2.24) is 15.3 Å². The smallest absolute Gasteiger partial charge is 0.225 e. The van der Waals surface area contributed by atoms with Crippen molar-refractivity contribution in [1.29, 1.82) is 0 Å². The predicted molar refractivity (Wildman–Crippen MR) is 139 cm³/mol. The van der Waals surface area contributed by atoms with Gasteiger partial charge in [0.25, 0.3) is 0 Å². The van der Waals surface area contributed by atoms with Gasteiger partial charge in [0.1, 0.15) is 11.6 Å². The molecule has 0 aliphatic carbocycles. The number of anilines is 3. The number of hydrogen-bond acceptors (Lipinski definition) is 8. The van der Waals surface area contributed by atoms with E-state index in [2.05, 4.69) is 46.7 Å². The second-order valence-electron chi connectivity index (χ2n) is 8.85. The summed E-state index contributed by atoms with van der Waals surface area (Å²) in [6.45, 7) is 3.41. The molecule has 0 atom stereocenters. The van der Waals surface area contributed by atoms with Crippen molar-refractivity contribution < 1.29 is 9.84 Å². The van der Waals surface area contributed by atoms with Gasteiger partial charge in [-0.05, 0) is 56.6 Å². The summed E-state index contributed by atoms with van der Waals surface area (Å²) in [5, 5.41) is 17.0. The number of piperidine rings is 1. The summed E-state index contributed by atoms with van der Waals surface area (Å²) in [5.74, 6) is 2.40. The van der Waals surface area contributed by atoms with E-state index in [0.29, 0.717) is 31.5 Å². The van der Waals surface area contributed by atoms with Crippen LogP contribution in [0.3, 0.4) is 0 Å². The van der Waals surface area contributed by atoms with Crippen LogP contribution < -0.4 is 25.2 Å². The Morgan fingerprint density at radius 1 is 1.09 bits per heavy atom. The summed E-state index contributed by atoms with van der Waals surface area (Å²) in [4.78, 5) is 14.3. The molecule has 3 aromatic rings. The highest BCUT2D eigenvalue weighted by Gasteiger charge is 2.27. The highest BCUT2D eigenvalue weighted by Crippen LogP contribution is 2.35. The first kappa shape index (κ1) is 24.0. The Kier molecular flexibility index (Phi) is 8.03. The van der Waals surface area contributed by atoms with E-state index in [1.807, 2.05) is 30.3 Å². The lowest BCUT2D eigenvalue weighted by Crippen LogP contribution is -2.43. The highest BCUT2D eigenvalue weighted by molar-refractivity contribution is 5.90. The van der Waals surface area contributed by atoms with Crippen molar-refractivity contribution in [2.45, 2.75) is 31.8 Å². The Bertz CT molecular complexity index is 1080. The second kappa shape index (κ2) is 11.4. The monoisotopic (exact) mass is 464 g/mol. The van der Waals surface area contributed by atoms with Gasteiger partial charge in [-0.25, -0.2) is 4.98 Å². The van der Waals surface area contributed by atoms with Crippen LogP contribution in [0.15, 0.2) is 42.5 Å². The van der Waals surface area contributed by atoms with Crippen molar-refractivity contribution in [3.8, 4) is 5.75 Å². The normalized spacial score (nSPS) is 14.2. The van der Waals surface area contributed by atoms with Gasteiger partial charge in [-0.3, -0.25) is 0 Å². The molecule has 0 radical (unpaired) electrons. The number of para-hydroxylation sites is 1. The van der Waals surface area contributed by atoms with Gasteiger partial charge in [0.2, 0.25) is 5.95 Å². The quantitative estimate of drug-likeness (QED) is 0.394. The molecule has 182 valence electrons. The van der Waals surface area contributed by atoms with E-state index in [9.17, 15) is 5.11 Å². The van der Waals surface area contributed by atoms with Crippen LogP contribution in [0, 0.1) is 0 Å². The van der Waals surface area contributed by atoms with Gasteiger partial charge in [-0.1, -0.05) is 18.2 Å². The number of benzene rings is 2. The van der Waals surface area contributed by atoms with Crippen LogP contribution in [-0.4, -0.2) is 68.6 Å². The van der Waals surface area contributed by atoms with Crippen LogP contribution in [-0.2, 0) is 6.54 Å². The number of aliphatic hydroxyl groups is 1. The third kappa shape index (κ3) is 5.34. The maximum Gasteiger partial charge on any atom is 0.225 e. The van der Waals surface area contributed by atoms with Gasteiger partial charge >= 0.3 is 0 Å². The minimum Gasteiger partial charge on any atom is -0.496 e. The van der Waals surface area contributed by atoms with Crippen molar-refractivity contribution in [2.24, 2.45) is 0 Å². The molecular weight excluding hydrogens is 428 g/mol. The molecule has 1 fully saturated rings. The van der Waals surface area contributed by atoms with Crippen molar-refractivity contribution >= 4 is 28.4 Å². The number of ether oxygens (including phenoxy) is 1. The molecule has 8 nitrogen and oxygen atoms in total. The van der Waals surface area contributed by atoms with Gasteiger partial charge in [0.15, 0.2) is 0 Å². The summed E-state index contributed by atoms with van der Waals surface area (Å²) in [7, 11) is 5.86. The van der Waals surface area contributed by atoms with Gasteiger partial charge in [-0.15, -0.1) is 0 Å². The maximum absolute atomic E-state index is 9.20. The third-order valence-electron chi connectivity index (χ3n) is 6.36. The lowest BCUT2D eigenvalue weighted by Gasteiger charge is -2.37. The highest BCUT2D eigenvalue weighted by atomic mass is 16.5. The minimum atomic E-state index is 0.135. The third-order valence-corrected chi connectivity index (χ3v) is 6.36. The van der Waals surface area contributed by atoms with Gasteiger partial charge in [-0.2, -0.15) is 4.98 Å². The standard InChI is InChI=1S/C26H36N6O2/c1-31(2)23-10-6-11-24(34-3)21(23)18-32(19-12-15-27-16-13-19)25-20-8-4-5-9-22(20)29-26(30-25)28-14-7-17-33/h4-6,8-11,19,27,33H,7,12-18H2,1-3H3,(H,28,29,30). The van der Waals surface area contributed by atoms with E-state index in [4.69, 9.17) is 14.7 Å². The van der Waals surface area contributed by atoms with Gasteiger partial charge in [0, 0.05) is 49.9 Å². The zero-order chi connectivity index (χ0) is 23.9. The fourth-order valence-corrected chi connectivity index (χ4v) is 4.63. The van der Waals surface area contributed by atoms with Crippen LogP contribution >= 0.6 is 0 Å². The van der Waals surface area contributed by atoms with E-state index in [1.54, 1.807) is 7.11 Å². The lowest BCUT2D eigenvalue weighted by atomic mass is 10.0. The Morgan fingerprint density at radius 3 is 2.62 bits per heavy atom. The van der Waals surface area contributed by atoms with E-state index in [0.717, 1.165) is 59.7 Å². The Hall–Kier alpha value is -3.10. The summed E-state index contributed by atoms with van der Waals surface area (Å²) in [6, 6.07) is 14.7. The molecule has 2 aromatic carbocycles. The van der Waals surface area contributed by atoms with Crippen LogP contribution in [0.5, 0.6) is 5.75 Å². The van der Waals surface area contributed by atoms with E-state index in [-0.39, 0.29) is 6.61 Å². The predicted octanol–water partition coefficient (Wildman–Crippen LogP) is 3.26. The SMILES string of the molecule is COc1cccc(N(C)C)c1CN(c1nc(NCCCO)nc2ccccc12)C1CCNCC1. The molecule has 34 heavy (non-hydrogen) atoms. The molecule has 1 saturated heterocycles. The first-order valence-electron chi connectivity index (χ1n) is 12.0. The largest absolute Gasteiger partial charge is 0.496 e. The molecule has 4 rings (SSSR count). The number of methoxy groups -OCH3 is 1. The fraction of sp³-hybridized carbons (Fsp3) is 0.462. The number of hydrogen-bond donors (Lipinski definition) is 3. The van der Waals surface area contributed by atoms with E-state index >= 15 is 0 Å². The molecule has 0 saturated carbocycles. The second-order valence-corrected chi connectivity index (χ2v) is 8.85. The number of fused-ring (bicyclic) bond motifs is 1. The summed E-state index contributed by atoms with van der Waals surface area (Å²) in [5.41, 5.74) is 3.19. The molecule has 1 aliphatic heterocycles. The van der Waals surface area contributed by atoms with Gasteiger partial charge < -0.3 is 30.3 Å². The number of aromatic nitrogens is 2. The average Bonchev–Trinajstić information content (AvgIpc) is 2.87. The Balaban J connectivity index is 1.83. The number of aliphatic hydroxyl groups excluding tert-OH is 1.